The lowest BCUT2D eigenvalue weighted by atomic mass is 10.2. The number of fused-ring (bicyclic) bond motifs is 2. The Bertz CT molecular complexity index is 1170. The van der Waals surface area contributed by atoms with Crippen LogP contribution in [0, 0.1) is 0 Å². The summed E-state index contributed by atoms with van der Waals surface area (Å²) in [6.07, 6.45) is 0.223. The molecule has 1 aliphatic heterocycles. The van der Waals surface area contributed by atoms with Crippen molar-refractivity contribution in [3.8, 4) is 11.5 Å². The Morgan fingerprint density at radius 3 is 2.77 bits per heavy atom. The number of carbonyl (C=O) groups excluding carboxylic acids is 2. The van der Waals surface area contributed by atoms with Crippen molar-refractivity contribution >= 4 is 28.5 Å². The molecule has 2 heterocycles. The zero-order valence-corrected chi connectivity index (χ0v) is 16.2. The van der Waals surface area contributed by atoms with Gasteiger partial charge in [-0.3, -0.25) is 19.0 Å². The average Bonchev–Trinajstić information content (AvgIpc) is 2.75. The summed E-state index contributed by atoms with van der Waals surface area (Å²) in [5, 5.41) is 3.06. The van der Waals surface area contributed by atoms with Crippen LogP contribution in [0.4, 0.5) is 5.69 Å². The molecular formula is C21H19N3O6. The SMILES string of the molecule is CC(OC(=O)Cn1cnc2ccccc2c1=O)C(=O)Nc1ccc2c(c1)OCCO2. The minimum Gasteiger partial charge on any atom is -0.486 e. The maximum Gasteiger partial charge on any atom is 0.326 e. The number of anilines is 1. The maximum absolute atomic E-state index is 12.5. The molecular weight excluding hydrogens is 390 g/mol. The van der Waals surface area contributed by atoms with Gasteiger partial charge in [-0.05, 0) is 31.2 Å². The van der Waals surface area contributed by atoms with Crippen molar-refractivity contribution in [1.82, 2.24) is 9.55 Å². The van der Waals surface area contributed by atoms with Crippen molar-refractivity contribution < 1.29 is 23.8 Å². The van der Waals surface area contributed by atoms with Crippen LogP contribution in [0.15, 0.2) is 53.6 Å². The molecule has 3 aromatic rings. The molecule has 1 aromatic heterocycles. The number of ether oxygens (including phenoxy) is 3. The normalized spacial score (nSPS) is 13.5. The number of esters is 1. The molecule has 1 N–H and O–H groups in total. The number of nitrogens with zero attached hydrogens (tertiary/aromatic N) is 2. The van der Waals surface area contributed by atoms with E-state index in [1.807, 2.05) is 0 Å². The van der Waals surface area contributed by atoms with Crippen LogP contribution in [0.25, 0.3) is 10.9 Å². The van der Waals surface area contributed by atoms with Crippen molar-refractivity contribution in [1.29, 1.82) is 0 Å². The topological polar surface area (TPSA) is 109 Å². The van der Waals surface area contributed by atoms with Crippen LogP contribution in [-0.4, -0.2) is 40.7 Å². The van der Waals surface area contributed by atoms with Gasteiger partial charge in [0.1, 0.15) is 19.8 Å². The van der Waals surface area contributed by atoms with Crippen LogP contribution >= 0.6 is 0 Å². The third kappa shape index (κ3) is 4.09. The highest BCUT2D eigenvalue weighted by Crippen LogP contribution is 2.32. The van der Waals surface area contributed by atoms with Crippen LogP contribution in [0.2, 0.25) is 0 Å². The van der Waals surface area contributed by atoms with Crippen LogP contribution in [-0.2, 0) is 20.9 Å². The third-order valence-corrected chi connectivity index (χ3v) is 4.52. The molecule has 9 nitrogen and oxygen atoms in total. The standard InChI is InChI=1S/C21H19N3O6/c1-13(20(26)23-14-6-7-17-18(10-14)29-9-8-28-17)30-19(25)11-24-12-22-16-5-3-2-4-15(16)21(24)27/h2-7,10,12-13H,8-9,11H2,1H3,(H,23,26). The second-order valence-electron chi connectivity index (χ2n) is 6.67. The van der Waals surface area contributed by atoms with Gasteiger partial charge in [0.05, 0.1) is 17.2 Å². The van der Waals surface area contributed by atoms with Crippen LogP contribution < -0.4 is 20.3 Å². The van der Waals surface area contributed by atoms with Crippen LogP contribution in [0.1, 0.15) is 6.92 Å². The molecule has 1 atom stereocenters. The fourth-order valence-corrected chi connectivity index (χ4v) is 3.01. The van der Waals surface area contributed by atoms with E-state index in [0.717, 1.165) is 4.57 Å². The summed E-state index contributed by atoms with van der Waals surface area (Å²) in [6.45, 7) is 2.01. The van der Waals surface area contributed by atoms with Crippen LogP contribution in [0.3, 0.4) is 0 Å². The summed E-state index contributed by atoms with van der Waals surface area (Å²) < 4.78 is 17.2. The highest BCUT2D eigenvalue weighted by atomic mass is 16.6. The van der Waals surface area contributed by atoms with Crippen molar-refractivity contribution in [2.45, 2.75) is 19.6 Å². The Hall–Kier alpha value is -3.88. The van der Waals surface area contributed by atoms with E-state index >= 15 is 0 Å². The summed E-state index contributed by atoms with van der Waals surface area (Å²) in [6, 6.07) is 11.8. The number of para-hydroxylation sites is 1. The van der Waals surface area contributed by atoms with Crippen molar-refractivity contribution in [2.24, 2.45) is 0 Å². The number of rotatable bonds is 5. The number of hydrogen-bond acceptors (Lipinski definition) is 7. The van der Waals surface area contributed by atoms with Gasteiger partial charge in [-0.2, -0.15) is 0 Å². The van der Waals surface area contributed by atoms with E-state index in [4.69, 9.17) is 14.2 Å². The van der Waals surface area contributed by atoms with Gasteiger partial charge in [-0.25, -0.2) is 4.98 Å². The second kappa shape index (κ2) is 8.24. The van der Waals surface area contributed by atoms with E-state index in [9.17, 15) is 14.4 Å². The number of amides is 1. The molecule has 2 aromatic carbocycles. The summed E-state index contributed by atoms with van der Waals surface area (Å²) in [5.41, 5.74) is 0.673. The van der Waals surface area contributed by atoms with E-state index < -0.39 is 18.0 Å². The molecule has 0 fully saturated rings. The molecule has 0 saturated heterocycles. The predicted octanol–water partition coefficient (Wildman–Crippen LogP) is 1.74. The van der Waals surface area contributed by atoms with Gasteiger partial charge in [0.2, 0.25) is 0 Å². The van der Waals surface area contributed by atoms with Crippen molar-refractivity contribution in [3.05, 3.63) is 59.1 Å². The second-order valence-corrected chi connectivity index (χ2v) is 6.67. The number of benzene rings is 2. The zero-order chi connectivity index (χ0) is 21.1. The Morgan fingerprint density at radius 2 is 1.93 bits per heavy atom. The van der Waals surface area contributed by atoms with E-state index in [0.29, 0.717) is 41.3 Å². The molecule has 0 radical (unpaired) electrons. The summed E-state index contributed by atoms with van der Waals surface area (Å²) in [4.78, 5) is 41.2. The number of hydrogen-bond donors (Lipinski definition) is 1. The largest absolute Gasteiger partial charge is 0.486 e. The highest BCUT2D eigenvalue weighted by molar-refractivity contribution is 5.95. The van der Waals surface area contributed by atoms with E-state index in [-0.39, 0.29) is 12.1 Å². The number of aromatic nitrogens is 2. The molecule has 154 valence electrons. The lowest BCUT2D eigenvalue weighted by Gasteiger charge is -2.19. The van der Waals surface area contributed by atoms with Crippen molar-refractivity contribution in [2.75, 3.05) is 18.5 Å². The predicted molar refractivity (Wildman–Crippen MR) is 108 cm³/mol. The molecule has 0 bridgehead atoms. The zero-order valence-electron chi connectivity index (χ0n) is 16.2. The molecule has 9 heteroatoms. The first-order chi connectivity index (χ1) is 14.5. The lowest BCUT2D eigenvalue weighted by molar-refractivity contribution is -0.153. The summed E-state index contributed by atoms with van der Waals surface area (Å²) in [7, 11) is 0. The first-order valence-electron chi connectivity index (χ1n) is 9.35. The molecule has 1 aliphatic rings. The van der Waals surface area contributed by atoms with Gasteiger partial charge in [-0.15, -0.1) is 0 Å². The highest BCUT2D eigenvalue weighted by Gasteiger charge is 2.20. The molecule has 0 saturated carbocycles. The molecule has 1 unspecified atom stereocenters. The molecule has 4 rings (SSSR count). The summed E-state index contributed by atoms with van der Waals surface area (Å²) >= 11 is 0. The number of nitrogens with one attached hydrogen (secondary N) is 1. The Kier molecular flexibility index (Phi) is 5.34. The molecule has 30 heavy (non-hydrogen) atoms. The fraction of sp³-hybridized carbons (Fsp3) is 0.238. The van der Waals surface area contributed by atoms with Gasteiger partial charge in [0, 0.05) is 11.8 Å². The quantitative estimate of drug-likeness (QED) is 0.639. The Labute approximate surface area is 171 Å². The van der Waals surface area contributed by atoms with Gasteiger partial charge in [0.25, 0.3) is 11.5 Å². The van der Waals surface area contributed by atoms with Crippen LogP contribution in [0.5, 0.6) is 11.5 Å². The van der Waals surface area contributed by atoms with E-state index in [1.165, 1.54) is 13.3 Å². The summed E-state index contributed by atoms with van der Waals surface area (Å²) in [5.74, 6) is -0.0944. The third-order valence-electron chi connectivity index (χ3n) is 4.52. The van der Waals surface area contributed by atoms with Gasteiger partial charge < -0.3 is 19.5 Å². The number of carbonyl (C=O) groups is 2. The smallest absolute Gasteiger partial charge is 0.326 e. The first kappa shape index (κ1) is 19.4. The fourth-order valence-electron chi connectivity index (χ4n) is 3.01. The molecule has 0 spiro atoms. The Morgan fingerprint density at radius 1 is 1.17 bits per heavy atom. The van der Waals surface area contributed by atoms with Gasteiger partial charge in [0.15, 0.2) is 17.6 Å². The van der Waals surface area contributed by atoms with E-state index in [1.54, 1.807) is 42.5 Å². The molecule has 0 aliphatic carbocycles. The minimum atomic E-state index is -1.06. The monoisotopic (exact) mass is 409 g/mol. The maximum atomic E-state index is 12.5. The van der Waals surface area contributed by atoms with Crippen molar-refractivity contribution in [3.63, 3.8) is 0 Å². The first-order valence-corrected chi connectivity index (χ1v) is 9.35. The van der Waals surface area contributed by atoms with Gasteiger partial charge >= 0.3 is 5.97 Å². The molecule has 1 amide bonds. The lowest BCUT2D eigenvalue weighted by Crippen LogP contribution is -2.33. The van der Waals surface area contributed by atoms with Gasteiger partial charge in [-0.1, -0.05) is 12.1 Å². The Balaban J connectivity index is 1.38. The van der Waals surface area contributed by atoms with E-state index in [2.05, 4.69) is 10.3 Å². The average molecular weight is 409 g/mol. The minimum absolute atomic E-state index is 0.349.